The average molecular weight is 1190 g/mol. The normalized spacial score (nSPS) is 26.7. The lowest BCUT2D eigenvalue weighted by Gasteiger charge is -2.69. The minimum Gasteiger partial charge on any atom is -0.491 e. The van der Waals surface area contributed by atoms with Gasteiger partial charge in [-0.3, -0.25) is 14.8 Å². The number of nitrogens with one attached hydrogen (secondary N) is 2. The second-order valence-electron chi connectivity index (χ2n) is 23.9. The maximum absolute atomic E-state index is 15.3. The summed E-state index contributed by atoms with van der Waals surface area (Å²) in [5.74, 6) is -2.97. The number of carboxylic acid groups (broad SMARTS) is 2. The molecule has 4 saturated carbocycles. The van der Waals surface area contributed by atoms with E-state index >= 15 is 4.39 Å². The molecule has 6 aliphatic rings. The van der Waals surface area contributed by atoms with Crippen molar-refractivity contribution in [3.05, 3.63) is 112 Å². The second kappa shape index (κ2) is 23.8. The zero-order chi connectivity index (χ0) is 60.0. The number of para-hydroxylation sites is 1. The van der Waals surface area contributed by atoms with Gasteiger partial charge in [-0.05, 0) is 128 Å². The van der Waals surface area contributed by atoms with Crippen molar-refractivity contribution < 1.29 is 77.5 Å². The molecule has 9 N–H and O–H groups in total. The van der Waals surface area contributed by atoms with E-state index < -0.39 is 66.1 Å². The molecule has 0 spiro atoms. The van der Waals surface area contributed by atoms with Crippen molar-refractivity contribution in [3.63, 3.8) is 0 Å². The Bertz CT molecular complexity index is 3470. The number of aliphatic hydroxyl groups excluding tert-OH is 3. The molecular weight excluding hydrogens is 1120 g/mol. The van der Waals surface area contributed by atoms with E-state index in [1.165, 1.54) is 35.6 Å². The first-order valence-corrected chi connectivity index (χ1v) is 29.1. The van der Waals surface area contributed by atoms with Crippen molar-refractivity contribution in [3.8, 4) is 22.6 Å². The van der Waals surface area contributed by atoms with Crippen LogP contribution in [-0.2, 0) is 49.9 Å². The van der Waals surface area contributed by atoms with Gasteiger partial charge in [0.15, 0.2) is 16.9 Å². The van der Waals surface area contributed by atoms with Gasteiger partial charge in [-0.25, -0.2) is 28.7 Å². The summed E-state index contributed by atoms with van der Waals surface area (Å²) in [7, 11) is 0. The van der Waals surface area contributed by atoms with E-state index in [0.29, 0.717) is 70.6 Å². The van der Waals surface area contributed by atoms with Gasteiger partial charge in [0, 0.05) is 66.7 Å². The Morgan fingerprint density at radius 2 is 1.66 bits per heavy atom. The van der Waals surface area contributed by atoms with Crippen LogP contribution in [0.1, 0.15) is 95.6 Å². The number of amides is 2. The molecule has 3 aromatic heterocycles. The highest BCUT2D eigenvalue weighted by atomic mass is 32.1. The fraction of sp³-hybridized carbons (Fsp3) is 0.483. The lowest BCUT2D eigenvalue weighted by molar-refractivity contribution is -0.271. The Morgan fingerprint density at radius 3 is 2.41 bits per heavy atom. The van der Waals surface area contributed by atoms with Gasteiger partial charge in [-0.2, -0.15) is 5.10 Å². The van der Waals surface area contributed by atoms with Crippen LogP contribution in [0.15, 0.2) is 72.9 Å². The number of rotatable bonds is 22. The number of aromatic nitrogens is 4. The number of aliphatic carboxylic acids is 1. The zero-order valence-corrected chi connectivity index (χ0v) is 48.1. The summed E-state index contributed by atoms with van der Waals surface area (Å²) in [6.45, 7) is 8.66. The monoisotopic (exact) mass is 1190 g/mol. The lowest BCUT2D eigenvalue weighted by atomic mass is 9.39. The number of halogens is 1. The molecule has 0 radical (unpaired) electrons. The average Bonchev–Trinajstić information content (AvgIpc) is 0.831. The first-order valence-electron chi connectivity index (χ1n) is 28.3. The molecular formula is C60H69FN8O15S. The van der Waals surface area contributed by atoms with Crippen molar-refractivity contribution in [1.82, 2.24) is 25.1 Å². The maximum Gasteiger partial charge on any atom is 0.407 e. The quantitative estimate of drug-likeness (QED) is 0.0351. The largest absolute Gasteiger partial charge is 0.491 e. The van der Waals surface area contributed by atoms with Gasteiger partial charge < -0.3 is 69.9 Å². The molecule has 1 saturated heterocycles. The topological polar surface area (TPSA) is 322 Å². The summed E-state index contributed by atoms with van der Waals surface area (Å²) in [4.78, 5) is 62.8. The van der Waals surface area contributed by atoms with E-state index in [1.807, 2.05) is 40.8 Å². The molecule has 3 aromatic carbocycles. The number of anilines is 2. The second-order valence-corrected chi connectivity index (χ2v) is 25.0. The number of aromatic carboxylic acids is 1. The summed E-state index contributed by atoms with van der Waals surface area (Å²) in [5.41, 5.74) is 8.90. The number of hydrogen-bond donors (Lipinski definition) is 8. The number of hydrogen-bond acceptors (Lipinski definition) is 19. The summed E-state index contributed by atoms with van der Waals surface area (Å²) in [6, 6.07) is 18.2. The summed E-state index contributed by atoms with van der Waals surface area (Å²) < 4.78 is 53.0. The van der Waals surface area contributed by atoms with E-state index in [1.54, 1.807) is 24.4 Å². The van der Waals surface area contributed by atoms with Crippen LogP contribution < -0.4 is 30.7 Å². The van der Waals surface area contributed by atoms with E-state index in [-0.39, 0.29) is 79.4 Å². The number of carbonyl (C=O) groups excluding carboxylic acids is 2. The van der Waals surface area contributed by atoms with Gasteiger partial charge in [0.25, 0.3) is 5.91 Å². The smallest absolute Gasteiger partial charge is 0.407 e. The Morgan fingerprint density at radius 1 is 0.871 bits per heavy atom. The number of carbonyl (C=O) groups is 4. The summed E-state index contributed by atoms with van der Waals surface area (Å²) in [6.07, 6.45) is -2.37. The summed E-state index contributed by atoms with van der Waals surface area (Å²) in [5, 5.41) is 62.1. The molecule has 7 atom stereocenters. The summed E-state index contributed by atoms with van der Waals surface area (Å²) >= 11 is 1.34. The van der Waals surface area contributed by atoms with Gasteiger partial charge in [-0.1, -0.05) is 37.3 Å². The Hall–Kier alpha value is -7.36. The molecule has 12 rings (SSSR count). The van der Waals surface area contributed by atoms with E-state index in [0.717, 1.165) is 54.4 Å². The maximum atomic E-state index is 15.3. The van der Waals surface area contributed by atoms with Crippen molar-refractivity contribution in [2.45, 2.75) is 122 Å². The number of carboxylic acids is 2. The molecule has 2 aliphatic heterocycles. The number of pyridine rings is 1. The SMILES string of the molecule is Cc1c(-c2ccc(N3CCc4c(F)ccc(C(=O)Nc5nc6ccccc6s5)c4C3)nc2C(=O)O)cnn1CC12CC3(C)CC(C)(C1)CC(OCCNC(=O)OCc1ccc(O[C@@H]4O[C@H](C(=O)O)[C@@H](O)[C@H](O)[C@H]4O)cc1OCCOCCN)(C3)C2. The molecule has 4 bridgehead atoms. The predicted octanol–water partition coefficient (Wildman–Crippen LogP) is 6.20. The number of nitrogens with two attached hydrogens (primary N) is 1. The van der Waals surface area contributed by atoms with Crippen LogP contribution in [0.4, 0.5) is 20.1 Å². The molecule has 5 fully saturated rings. The van der Waals surface area contributed by atoms with Crippen LogP contribution in [0.2, 0.25) is 0 Å². The van der Waals surface area contributed by atoms with E-state index in [2.05, 4.69) is 29.5 Å². The number of nitrogens with zero attached hydrogens (tertiary/aromatic N) is 5. The highest BCUT2D eigenvalue weighted by Gasteiger charge is 2.66. The number of aliphatic hydroxyl groups is 3. The first-order chi connectivity index (χ1) is 40.6. The molecule has 2 amide bonds. The zero-order valence-electron chi connectivity index (χ0n) is 47.3. The third kappa shape index (κ3) is 12.4. The molecule has 5 heterocycles. The Balaban J connectivity index is 0.727. The van der Waals surface area contributed by atoms with Gasteiger partial charge in [-0.15, -0.1) is 0 Å². The van der Waals surface area contributed by atoms with Crippen LogP contribution in [0.25, 0.3) is 21.3 Å². The first kappa shape index (κ1) is 59.4. The molecule has 6 aromatic rings. The van der Waals surface area contributed by atoms with Crippen LogP contribution >= 0.6 is 11.3 Å². The van der Waals surface area contributed by atoms with Crippen molar-refractivity contribution in [1.29, 1.82) is 0 Å². The number of fused-ring (bicyclic) bond motifs is 2. The lowest BCUT2D eigenvalue weighted by Crippen LogP contribution is -2.64. The predicted molar refractivity (Wildman–Crippen MR) is 306 cm³/mol. The van der Waals surface area contributed by atoms with Gasteiger partial charge in [0.2, 0.25) is 6.29 Å². The van der Waals surface area contributed by atoms with Gasteiger partial charge >= 0.3 is 18.0 Å². The molecule has 25 heteroatoms. The van der Waals surface area contributed by atoms with Crippen LogP contribution in [0.3, 0.4) is 0 Å². The molecule has 2 unspecified atom stereocenters. The van der Waals surface area contributed by atoms with Gasteiger partial charge in [0.1, 0.15) is 54.7 Å². The molecule has 85 heavy (non-hydrogen) atoms. The fourth-order valence-corrected chi connectivity index (χ4v) is 15.5. The molecule has 23 nitrogen and oxygen atoms in total. The minimum atomic E-state index is -1.90. The van der Waals surface area contributed by atoms with E-state index in [9.17, 15) is 44.7 Å². The third-order valence-corrected chi connectivity index (χ3v) is 18.0. The fourth-order valence-electron chi connectivity index (χ4n) is 14.6. The number of alkyl carbamates (subject to hydrolysis) is 1. The standard InChI is InChI=1S/C60H69FN8O15S/c1-33-39(37-11-13-45(66-46(37)52(74)75)68-17-14-36-40(24-68)38(10-12-41(36)61)51(73)67-55-65-42-6-4-5-7-44(42)85-55)23-64-69(33)32-59-27-57(2)26-58(3,28-59)30-60(29-57,31-59)82-19-16-63-56(78)81-25-34-8-9-35(22-43(34)80-21-20-79-18-15-62)83-54-49(72)47(70)48(71)50(84-54)53(76)77/h4-13,22-23,47-50,54,70-72H,14-21,24-32,62H2,1-3H3,(H,63,78)(H,74,75)(H,76,77)(H,65,67,73)/t47-,48-,49+,50-,54+,57?,58?,59?,60?/m0/s1. The molecule has 452 valence electrons. The minimum absolute atomic E-state index is 0.0253. The van der Waals surface area contributed by atoms with Crippen molar-refractivity contribution in [2.24, 2.45) is 22.0 Å². The number of ether oxygens (including phenoxy) is 6. The Labute approximate surface area is 492 Å². The molecule has 4 aliphatic carbocycles. The Kier molecular flexibility index (Phi) is 16.6. The highest BCUT2D eigenvalue weighted by Crippen LogP contribution is 2.72. The van der Waals surface area contributed by atoms with Crippen LogP contribution in [0, 0.1) is 29.0 Å². The number of benzene rings is 3. The van der Waals surface area contributed by atoms with Gasteiger partial charge in [0.05, 0.1) is 41.8 Å². The van der Waals surface area contributed by atoms with Crippen molar-refractivity contribution in [2.75, 3.05) is 56.3 Å². The third-order valence-electron chi connectivity index (χ3n) is 17.0. The number of thiazole rings is 1. The van der Waals surface area contributed by atoms with Crippen LogP contribution in [0.5, 0.6) is 11.5 Å². The van der Waals surface area contributed by atoms with E-state index in [4.69, 9.17) is 44.2 Å². The van der Waals surface area contributed by atoms with Crippen LogP contribution in [-0.4, -0.2) is 152 Å². The van der Waals surface area contributed by atoms with Crippen molar-refractivity contribution >= 4 is 56.4 Å². The highest BCUT2D eigenvalue weighted by molar-refractivity contribution is 7.22.